The molecule has 0 aliphatic carbocycles. The second-order valence-electron chi connectivity index (χ2n) is 6.49. The highest BCUT2D eigenvalue weighted by Gasteiger charge is 2.36. The molecule has 28 heavy (non-hydrogen) atoms. The number of hydrogen-bond donors (Lipinski definition) is 0. The van der Waals surface area contributed by atoms with Gasteiger partial charge < -0.3 is 37.9 Å². The van der Waals surface area contributed by atoms with Crippen molar-refractivity contribution in [3.05, 3.63) is 10.8 Å². The van der Waals surface area contributed by atoms with Gasteiger partial charge in [-0.2, -0.15) is 0 Å². The SMILES string of the molecule is COCCOCCOCC1(COCCOCCOC)COc2cscc2OC1. The highest BCUT2D eigenvalue weighted by molar-refractivity contribution is 7.08. The average molecular weight is 421 g/mol. The van der Waals surface area contributed by atoms with Crippen LogP contribution in [-0.2, 0) is 28.4 Å². The third-order valence-corrected chi connectivity index (χ3v) is 4.79. The molecule has 162 valence electrons. The van der Waals surface area contributed by atoms with Gasteiger partial charge in [-0.3, -0.25) is 0 Å². The Hall–Kier alpha value is -0.940. The van der Waals surface area contributed by atoms with Crippen molar-refractivity contribution in [2.24, 2.45) is 5.41 Å². The maximum absolute atomic E-state index is 5.95. The Balaban J connectivity index is 1.74. The Morgan fingerprint density at radius 2 is 1.14 bits per heavy atom. The molecule has 2 rings (SSSR count). The van der Waals surface area contributed by atoms with Gasteiger partial charge >= 0.3 is 0 Å². The lowest BCUT2D eigenvalue weighted by molar-refractivity contribution is -0.0770. The number of ether oxygens (including phenoxy) is 8. The molecule has 1 aromatic heterocycles. The van der Waals surface area contributed by atoms with E-state index in [9.17, 15) is 0 Å². The highest BCUT2D eigenvalue weighted by Crippen LogP contribution is 2.37. The van der Waals surface area contributed by atoms with Crippen LogP contribution in [0.15, 0.2) is 10.8 Å². The zero-order valence-corrected chi connectivity index (χ0v) is 17.6. The summed E-state index contributed by atoms with van der Waals surface area (Å²) in [7, 11) is 3.30. The van der Waals surface area contributed by atoms with Gasteiger partial charge in [0.15, 0.2) is 11.5 Å². The van der Waals surface area contributed by atoms with Crippen LogP contribution in [0.4, 0.5) is 0 Å². The van der Waals surface area contributed by atoms with Gasteiger partial charge in [0.2, 0.25) is 0 Å². The van der Waals surface area contributed by atoms with Gasteiger partial charge in [0, 0.05) is 25.0 Å². The fourth-order valence-corrected chi connectivity index (χ4v) is 3.18. The molecular formula is C19H32O8S. The van der Waals surface area contributed by atoms with Gasteiger partial charge in [0.05, 0.1) is 71.5 Å². The molecule has 0 bridgehead atoms. The van der Waals surface area contributed by atoms with Gasteiger partial charge in [0.1, 0.15) is 13.2 Å². The normalized spacial score (nSPS) is 15.5. The van der Waals surface area contributed by atoms with Crippen LogP contribution in [0.2, 0.25) is 0 Å². The number of rotatable bonds is 16. The van der Waals surface area contributed by atoms with Gasteiger partial charge in [-0.15, -0.1) is 11.3 Å². The number of fused-ring (bicyclic) bond motifs is 1. The van der Waals surface area contributed by atoms with Crippen molar-refractivity contribution < 1.29 is 37.9 Å². The van der Waals surface area contributed by atoms with Crippen molar-refractivity contribution in [1.82, 2.24) is 0 Å². The molecule has 2 heterocycles. The maximum Gasteiger partial charge on any atom is 0.171 e. The molecule has 0 saturated carbocycles. The van der Waals surface area contributed by atoms with Crippen LogP contribution >= 0.6 is 11.3 Å². The van der Waals surface area contributed by atoms with E-state index in [1.54, 1.807) is 25.6 Å². The maximum atomic E-state index is 5.95. The molecule has 0 atom stereocenters. The topological polar surface area (TPSA) is 73.8 Å². The van der Waals surface area contributed by atoms with Crippen LogP contribution in [0.3, 0.4) is 0 Å². The van der Waals surface area contributed by atoms with E-state index in [1.165, 1.54) is 0 Å². The van der Waals surface area contributed by atoms with Crippen LogP contribution in [0, 0.1) is 5.41 Å². The Morgan fingerprint density at radius 3 is 1.61 bits per heavy atom. The number of hydrogen-bond acceptors (Lipinski definition) is 9. The molecule has 9 heteroatoms. The smallest absolute Gasteiger partial charge is 0.171 e. The molecule has 1 aliphatic heterocycles. The summed E-state index contributed by atoms with van der Waals surface area (Å²) in [6.07, 6.45) is 0. The van der Waals surface area contributed by atoms with E-state index in [2.05, 4.69) is 0 Å². The number of methoxy groups -OCH3 is 2. The van der Waals surface area contributed by atoms with E-state index >= 15 is 0 Å². The zero-order valence-electron chi connectivity index (χ0n) is 16.8. The van der Waals surface area contributed by atoms with Crippen LogP contribution in [-0.4, -0.2) is 93.5 Å². The Bertz CT molecular complexity index is 467. The minimum atomic E-state index is -0.393. The first-order valence-corrected chi connectivity index (χ1v) is 10.3. The molecule has 0 aromatic carbocycles. The minimum Gasteiger partial charge on any atom is -0.488 e. The Kier molecular flexibility index (Phi) is 11.8. The molecule has 1 aromatic rings. The summed E-state index contributed by atoms with van der Waals surface area (Å²) in [5.74, 6) is 1.55. The molecular weight excluding hydrogens is 388 g/mol. The second-order valence-corrected chi connectivity index (χ2v) is 7.24. The molecule has 1 aliphatic rings. The quantitative estimate of drug-likeness (QED) is 0.375. The fraction of sp³-hybridized carbons (Fsp3) is 0.789. The summed E-state index contributed by atoms with van der Waals surface area (Å²) in [6.45, 7) is 6.13. The fourth-order valence-electron chi connectivity index (χ4n) is 2.50. The van der Waals surface area contributed by atoms with Crippen LogP contribution in [0.5, 0.6) is 11.5 Å². The lowest BCUT2D eigenvalue weighted by Gasteiger charge is -2.30. The van der Waals surface area contributed by atoms with E-state index < -0.39 is 5.41 Å². The summed E-state index contributed by atoms with van der Waals surface area (Å²) >= 11 is 1.56. The molecule has 8 nitrogen and oxygen atoms in total. The monoisotopic (exact) mass is 420 g/mol. The van der Waals surface area contributed by atoms with Crippen molar-refractivity contribution in [3.63, 3.8) is 0 Å². The molecule has 0 fully saturated rings. The van der Waals surface area contributed by atoms with Crippen LogP contribution < -0.4 is 9.47 Å². The van der Waals surface area contributed by atoms with Crippen molar-refractivity contribution >= 4 is 11.3 Å². The summed E-state index contributed by atoms with van der Waals surface area (Å²) < 4.78 is 44.4. The molecule has 0 radical (unpaired) electrons. The minimum absolute atomic E-state index is 0.393. The van der Waals surface area contributed by atoms with Crippen LogP contribution in [0.25, 0.3) is 0 Å². The first-order valence-electron chi connectivity index (χ1n) is 9.40. The predicted molar refractivity (Wildman–Crippen MR) is 105 cm³/mol. The van der Waals surface area contributed by atoms with E-state index in [0.29, 0.717) is 79.3 Å². The molecule has 0 N–H and O–H groups in total. The largest absolute Gasteiger partial charge is 0.488 e. The summed E-state index contributed by atoms with van der Waals surface area (Å²) in [5.41, 5.74) is -0.393. The van der Waals surface area contributed by atoms with Crippen molar-refractivity contribution in [2.45, 2.75) is 0 Å². The molecule has 0 unspecified atom stereocenters. The summed E-state index contributed by atoms with van der Waals surface area (Å²) in [6, 6.07) is 0. The van der Waals surface area contributed by atoms with E-state index in [1.807, 2.05) is 10.8 Å². The van der Waals surface area contributed by atoms with Gasteiger partial charge in [-0.05, 0) is 0 Å². The molecule has 0 amide bonds. The van der Waals surface area contributed by atoms with E-state index in [4.69, 9.17) is 37.9 Å². The third kappa shape index (κ3) is 8.60. The molecule has 0 saturated heterocycles. The zero-order chi connectivity index (χ0) is 19.9. The number of thiophene rings is 1. The van der Waals surface area contributed by atoms with Gasteiger partial charge in [-0.25, -0.2) is 0 Å². The van der Waals surface area contributed by atoms with Gasteiger partial charge in [0.25, 0.3) is 0 Å². The van der Waals surface area contributed by atoms with E-state index in [0.717, 1.165) is 11.5 Å². The highest BCUT2D eigenvalue weighted by atomic mass is 32.1. The van der Waals surface area contributed by atoms with Gasteiger partial charge in [-0.1, -0.05) is 0 Å². The average Bonchev–Trinajstić information content (AvgIpc) is 3.10. The predicted octanol–water partition coefficient (Wildman–Crippen LogP) is 1.86. The van der Waals surface area contributed by atoms with Crippen molar-refractivity contribution in [1.29, 1.82) is 0 Å². The van der Waals surface area contributed by atoms with E-state index in [-0.39, 0.29) is 0 Å². The second kappa shape index (κ2) is 14.1. The van der Waals surface area contributed by atoms with Crippen molar-refractivity contribution in [3.8, 4) is 11.5 Å². The molecule has 0 spiro atoms. The lowest BCUT2D eigenvalue weighted by atomic mass is 9.92. The Labute approximate surface area is 170 Å². The summed E-state index contributed by atoms with van der Waals surface area (Å²) in [5, 5.41) is 3.89. The first-order chi connectivity index (χ1) is 13.8. The summed E-state index contributed by atoms with van der Waals surface area (Å²) in [4.78, 5) is 0. The van der Waals surface area contributed by atoms with Crippen molar-refractivity contribution in [2.75, 3.05) is 93.5 Å². The lowest BCUT2D eigenvalue weighted by Crippen LogP contribution is -2.43. The standard InChI is InChI=1S/C19H32O8S/c1-20-3-5-22-7-9-24-13-19(14-25-10-8-23-6-4-21-2)15-26-17-11-28-12-18(17)27-16-19/h11-12H,3-10,13-16H2,1-2H3. The first kappa shape index (κ1) is 23.3. The third-order valence-electron chi connectivity index (χ3n) is 4.08. The Morgan fingerprint density at radius 1 is 0.714 bits per heavy atom. The van der Waals surface area contributed by atoms with Crippen LogP contribution in [0.1, 0.15) is 0 Å².